The summed E-state index contributed by atoms with van der Waals surface area (Å²) in [5.41, 5.74) is 0. The van der Waals surface area contributed by atoms with Gasteiger partial charge in [-0.1, -0.05) is 143 Å². The molecule has 0 spiro atoms. The van der Waals surface area contributed by atoms with Gasteiger partial charge in [-0.05, 0) is 102 Å². The number of esters is 2. The van der Waals surface area contributed by atoms with Crippen LogP contribution in [-0.2, 0) is 19.1 Å². The Morgan fingerprint density at radius 3 is 1.57 bits per heavy atom. The number of unbranched alkanes of at least 4 members (excludes halogenated alkanes) is 22. The van der Waals surface area contributed by atoms with E-state index in [4.69, 9.17) is 9.47 Å². The quantitative estimate of drug-likeness (QED) is 0.0489. The van der Waals surface area contributed by atoms with E-state index in [1.165, 1.54) is 128 Å². The molecule has 0 aliphatic heterocycles. The molecule has 0 amide bonds. The smallest absolute Gasteiger partial charge is 0.309 e. The molecule has 0 saturated carbocycles. The average molecular weight is 770 g/mol. The van der Waals surface area contributed by atoms with E-state index < -0.39 is 0 Å². The zero-order valence-electron chi connectivity index (χ0n) is 36.0. The van der Waals surface area contributed by atoms with Gasteiger partial charge in [0.05, 0.1) is 12.5 Å². The highest BCUT2D eigenvalue weighted by Gasteiger charge is 2.15. The number of nitrogens with zero attached hydrogens (tertiary/aromatic N) is 1. The second-order valence-corrected chi connectivity index (χ2v) is 17.1. The minimum Gasteiger partial charge on any atom is -0.465 e. The second kappa shape index (κ2) is 42.4. The molecular weight excluding hydrogens is 679 g/mol. The van der Waals surface area contributed by atoms with Crippen LogP contribution in [0.25, 0.3) is 0 Å². The van der Waals surface area contributed by atoms with Gasteiger partial charge in [-0.2, -0.15) is 11.8 Å². The molecule has 0 fully saturated rings. The molecule has 0 aromatic carbocycles. The summed E-state index contributed by atoms with van der Waals surface area (Å²) in [5, 5.41) is 9.28. The molecule has 0 aliphatic rings. The van der Waals surface area contributed by atoms with E-state index >= 15 is 0 Å². The standard InChI is InChI=1S/C46H91NO5S/c1-5-8-11-14-18-24-33-44(34-25-19-15-12-9-6-2)52-45(49)35-26-20-17-21-27-36-47(38-29-30-39-48)37-28-23-31-40-51-46(50)43(4)42-53-41-32-22-16-13-10-7-3/h43-44,48H,5-42H2,1-4H3. The first kappa shape index (κ1) is 52.2. The van der Waals surface area contributed by atoms with Crippen molar-refractivity contribution < 1.29 is 24.2 Å². The molecule has 0 bridgehead atoms. The van der Waals surface area contributed by atoms with Crippen molar-refractivity contribution in [1.29, 1.82) is 0 Å². The Kier molecular flexibility index (Phi) is 41.7. The highest BCUT2D eigenvalue weighted by atomic mass is 32.2. The number of aliphatic hydroxyl groups excluding tert-OH is 1. The molecule has 1 atom stereocenters. The zero-order chi connectivity index (χ0) is 38.9. The molecule has 7 heteroatoms. The summed E-state index contributed by atoms with van der Waals surface area (Å²) in [6.45, 7) is 12.8. The number of carbonyl (C=O) groups excluding carboxylic acids is 2. The van der Waals surface area contributed by atoms with Crippen LogP contribution in [0.5, 0.6) is 0 Å². The van der Waals surface area contributed by atoms with E-state index in [0.29, 0.717) is 13.0 Å². The predicted molar refractivity (Wildman–Crippen MR) is 231 cm³/mol. The normalized spacial score (nSPS) is 12.2. The lowest BCUT2D eigenvalue weighted by molar-refractivity contribution is -0.150. The average Bonchev–Trinajstić information content (AvgIpc) is 3.15. The van der Waals surface area contributed by atoms with E-state index in [2.05, 4.69) is 25.7 Å². The Hall–Kier alpha value is -0.790. The summed E-state index contributed by atoms with van der Waals surface area (Å²) in [6.07, 6.45) is 36.6. The Morgan fingerprint density at radius 1 is 0.566 bits per heavy atom. The summed E-state index contributed by atoms with van der Waals surface area (Å²) in [5.74, 6) is 1.96. The highest BCUT2D eigenvalue weighted by Crippen LogP contribution is 2.19. The van der Waals surface area contributed by atoms with Gasteiger partial charge in [-0.15, -0.1) is 0 Å². The van der Waals surface area contributed by atoms with E-state index in [-0.39, 0.29) is 30.6 Å². The van der Waals surface area contributed by atoms with Crippen molar-refractivity contribution in [3.63, 3.8) is 0 Å². The maximum Gasteiger partial charge on any atom is 0.309 e. The topological polar surface area (TPSA) is 76.1 Å². The van der Waals surface area contributed by atoms with Crippen LogP contribution in [0.4, 0.5) is 0 Å². The number of ether oxygens (including phenoxy) is 2. The van der Waals surface area contributed by atoms with Gasteiger partial charge in [-0.25, -0.2) is 0 Å². The molecule has 316 valence electrons. The van der Waals surface area contributed by atoms with Crippen molar-refractivity contribution in [3.8, 4) is 0 Å². The minimum atomic E-state index is -0.0424. The Morgan fingerprint density at radius 2 is 1.02 bits per heavy atom. The SMILES string of the molecule is CCCCCCCCSCC(C)C(=O)OCCCCCN(CCCCO)CCCCCCCC(=O)OC(CCCCCCCC)CCCCCCCC. The van der Waals surface area contributed by atoms with Crippen molar-refractivity contribution in [1.82, 2.24) is 4.90 Å². The molecule has 1 N–H and O–H groups in total. The second-order valence-electron chi connectivity index (χ2n) is 16.0. The van der Waals surface area contributed by atoms with Gasteiger partial charge in [0.2, 0.25) is 0 Å². The van der Waals surface area contributed by atoms with Gasteiger partial charge in [-0.3, -0.25) is 9.59 Å². The first-order valence-electron chi connectivity index (χ1n) is 23.2. The lowest BCUT2D eigenvalue weighted by Crippen LogP contribution is -2.27. The molecule has 0 aromatic heterocycles. The highest BCUT2D eigenvalue weighted by molar-refractivity contribution is 7.99. The predicted octanol–water partition coefficient (Wildman–Crippen LogP) is 13.3. The Bertz CT molecular complexity index is 752. The fourth-order valence-electron chi connectivity index (χ4n) is 6.97. The van der Waals surface area contributed by atoms with Crippen LogP contribution < -0.4 is 0 Å². The first-order chi connectivity index (χ1) is 26.0. The summed E-state index contributed by atoms with van der Waals surface area (Å²) in [7, 11) is 0. The fraction of sp³-hybridized carbons (Fsp3) is 0.957. The van der Waals surface area contributed by atoms with Crippen molar-refractivity contribution in [2.75, 3.05) is 44.4 Å². The van der Waals surface area contributed by atoms with Crippen molar-refractivity contribution in [3.05, 3.63) is 0 Å². The largest absolute Gasteiger partial charge is 0.465 e. The van der Waals surface area contributed by atoms with Crippen LogP contribution in [0, 0.1) is 5.92 Å². The van der Waals surface area contributed by atoms with Gasteiger partial charge >= 0.3 is 11.9 Å². The molecular formula is C46H91NO5S. The number of rotatable bonds is 43. The van der Waals surface area contributed by atoms with Crippen LogP contribution in [0.15, 0.2) is 0 Å². The maximum atomic E-state index is 12.8. The van der Waals surface area contributed by atoms with Crippen LogP contribution in [0.2, 0.25) is 0 Å². The molecule has 0 heterocycles. The monoisotopic (exact) mass is 770 g/mol. The molecule has 6 nitrogen and oxygen atoms in total. The maximum absolute atomic E-state index is 12.8. The van der Waals surface area contributed by atoms with E-state index in [0.717, 1.165) is 95.3 Å². The molecule has 0 aliphatic carbocycles. The lowest BCUT2D eigenvalue weighted by Gasteiger charge is -2.22. The fourth-order valence-corrected chi connectivity index (χ4v) is 8.04. The third-order valence-electron chi connectivity index (χ3n) is 10.6. The van der Waals surface area contributed by atoms with Gasteiger partial charge in [0.15, 0.2) is 0 Å². The number of thioether (sulfide) groups is 1. The third kappa shape index (κ3) is 37.9. The molecule has 0 aromatic rings. The summed E-state index contributed by atoms with van der Waals surface area (Å²) < 4.78 is 11.6. The minimum absolute atomic E-state index is 0.0177. The zero-order valence-corrected chi connectivity index (χ0v) is 36.8. The lowest BCUT2D eigenvalue weighted by atomic mass is 10.0. The van der Waals surface area contributed by atoms with Crippen molar-refractivity contribution in [2.24, 2.45) is 5.92 Å². The molecule has 0 rings (SSSR count). The van der Waals surface area contributed by atoms with Gasteiger partial charge in [0.25, 0.3) is 0 Å². The van der Waals surface area contributed by atoms with Gasteiger partial charge in [0, 0.05) is 18.8 Å². The molecule has 1 unspecified atom stereocenters. The van der Waals surface area contributed by atoms with Crippen LogP contribution in [0.1, 0.15) is 227 Å². The number of carbonyl (C=O) groups is 2. The van der Waals surface area contributed by atoms with Gasteiger partial charge in [0.1, 0.15) is 6.10 Å². The van der Waals surface area contributed by atoms with E-state index in [9.17, 15) is 14.7 Å². The van der Waals surface area contributed by atoms with Crippen LogP contribution in [0.3, 0.4) is 0 Å². The van der Waals surface area contributed by atoms with Crippen molar-refractivity contribution >= 4 is 23.7 Å². The number of hydrogen-bond acceptors (Lipinski definition) is 7. The summed E-state index contributed by atoms with van der Waals surface area (Å²) in [4.78, 5) is 27.7. The van der Waals surface area contributed by atoms with E-state index in [1.54, 1.807) is 0 Å². The molecule has 0 saturated heterocycles. The first-order valence-corrected chi connectivity index (χ1v) is 24.4. The molecule has 0 radical (unpaired) electrons. The Balaban J connectivity index is 4.17. The summed E-state index contributed by atoms with van der Waals surface area (Å²) in [6, 6.07) is 0. The number of hydrogen-bond donors (Lipinski definition) is 1. The van der Waals surface area contributed by atoms with Crippen molar-refractivity contribution in [2.45, 2.75) is 233 Å². The molecule has 53 heavy (non-hydrogen) atoms. The number of aliphatic hydroxyl groups is 1. The van der Waals surface area contributed by atoms with E-state index in [1.807, 2.05) is 18.7 Å². The Labute approximate surface area is 334 Å². The van der Waals surface area contributed by atoms with Gasteiger partial charge < -0.3 is 19.5 Å². The third-order valence-corrected chi connectivity index (χ3v) is 11.9. The van der Waals surface area contributed by atoms with Crippen LogP contribution >= 0.6 is 11.8 Å². The van der Waals surface area contributed by atoms with Crippen LogP contribution in [-0.4, -0.2) is 72.4 Å². The summed E-state index contributed by atoms with van der Waals surface area (Å²) >= 11 is 1.89.